The number of pyridine rings is 1. The summed E-state index contributed by atoms with van der Waals surface area (Å²) in [4.78, 5) is 28.8. The number of aromatic nitrogens is 5. The first kappa shape index (κ1) is 21.5. The van der Waals surface area contributed by atoms with E-state index in [1.807, 2.05) is 12.1 Å². The molecule has 3 aromatic rings. The van der Waals surface area contributed by atoms with Crippen LogP contribution in [0.5, 0.6) is 5.88 Å². The second-order valence-corrected chi connectivity index (χ2v) is 10.9. The van der Waals surface area contributed by atoms with Gasteiger partial charge in [-0.3, -0.25) is 9.89 Å². The van der Waals surface area contributed by atoms with Crippen LogP contribution in [0.1, 0.15) is 60.8 Å². The van der Waals surface area contributed by atoms with Gasteiger partial charge in [0.05, 0.1) is 24.3 Å². The summed E-state index contributed by atoms with van der Waals surface area (Å²) in [5.41, 5.74) is 1.84. The second-order valence-electron chi connectivity index (χ2n) is 10.9. The van der Waals surface area contributed by atoms with E-state index in [0.717, 1.165) is 74.3 Å². The maximum Gasteiger partial charge on any atom is 0.289 e. The quantitative estimate of drug-likeness (QED) is 0.523. The molecular weight excluding hydrogens is 456 g/mol. The zero-order valence-corrected chi connectivity index (χ0v) is 20.0. The minimum atomic E-state index is -0.230. The normalized spacial score (nSPS) is 28.6. The lowest BCUT2D eigenvalue weighted by molar-refractivity contribution is -0.0441. The number of amides is 1. The van der Waals surface area contributed by atoms with Crippen molar-refractivity contribution in [3.63, 3.8) is 0 Å². The van der Waals surface area contributed by atoms with E-state index in [2.05, 4.69) is 47.5 Å². The van der Waals surface area contributed by atoms with Crippen molar-refractivity contribution in [3.8, 4) is 11.9 Å². The number of nitrogens with one attached hydrogen (secondary N) is 2. The SMILES string of the molecule is N#C[C@@H]1C[C@@H]1COc1cc(N2CCC(c3n[nH]c4ncccc34)CC2)nc(C(=O)NC23CC(C2)C3)n1. The summed E-state index contributed by atoms with van der Waals surface area (Å²) in [5, 5.41) is 20.9. The third kappa shape index (κ3) is 3.74. The Balaban J connectivity index is 1.09. The van der Waals surface area contributed by atoms with Crippen LogP contribution in [0.25, 0.3) is 11.0 Å². The van der Waals surface area contributed by atoms with Gasteiger partial charge < -0.3 is 15.0 Å². The molecule has 2 bridgehead atoms. The Morgan fingerprint density at radius 1 is 1.28 bits per heavy atom. The van der Waals surface area contributed by atoms with Crippen LogP contribution >= 0.6 is 0 Å². The van der Waals surface area contributed by atoms with Crippen LogP contribution in [0, 0.1) is 29.1 Å². The lowest BCUT2D eigenvalue weighted by Crippen LogP contribution is -2.68. The average Bonchev–Trinajstić information content (AvgIpc) is 3.51. The van der Waals surface area contributed by atoms with Crippen LogP contribution in [0.4, 0.5) is 5.82 Å². The second kappa shape index (κ2) is 8.15. The molecule has 4 saturated carbocycles. The number of carbonyl (C=O) groups is 1. The predicted octanol–water partition coefficient (Wildman–Crippen LogP) is 2.95. The third-order valence-corrected chi connectivity index (χ3v) is 8.41. The maximum absolute atomic E-state index is 13.1. The number of hydrogen-bond donors (Lipinski definition) is 2. The largest absolute Gasteiger partial charge is 0.477 e. The Bertz CT molecular complexity index is 1350. The minimum absolute atomic E-state index is 0.0459. The molecule has 8 rings (SSSR count). The summed E-state index contributed by atoms with van der Waals surface area (Å²) in [6.45, 7) is 2.02. The molecule has 4 heterocycles. The van der Waals surface area contributed by atoms with Gasteiger partial charge in [-0.15, -0.1) is 0 Å². The Morgan fingerprint density at radius 2 is 2.11 bits per heavy atom. The van der Waals surface area contributed by atoms with Crippen LogP contribution in [0.15, 0.2) is 24.4 Å². The first-order chi connectivity index (χ1) is 17.6. The molecular formula is C26H28N8O2. The van der Waals surface area contributed by atoms with Crippen LogP contribution in [0.2, 0.25) is 0 Å². The highest BCUT2D eigenvalue weighted by atomic mass is 16.5. The Morgan fingerprint density at radius 3 is 2.83 bits per heavy atom. The zero-order valence-electron chi connectivity index (χ0n) is 20.0. The highest BCUT2D eigenvalue weighted by molar-refractivity contribution is 5.92. The summed E-state index contributed by atoms with van der Waals surface area (Å²) < 4.78 is 5.96. The summed E-state index contributed by atoms with van der Waals surface area (Å²) in [6.07, 6.45) is 7.65. The number of fused-ring (bicyclic) bond motifs is 1. The monoisotopic (exact) mass is 484 g/mol. The smallest absolute Gasteiger partial charge is 0.289 e. The van der Waals surface area contributed by atoms with E-state index in [-0.39, 0.29) is 29.1 Å². The number of rotatable bonds is 7. The van der Waals surface area contributed by atoms with Gasteiger partial charge in [-0.1, -0.05) is 0 Å². The Labute approximate surface area is 208 Å². The van der Waals surface area contributed by atoms with Crippen molar-refractivity contribution in [3.05, 3.63) is 35.9 Å². The van der Waals surface area contributed by atoms with E-state index >= 15 is 0 Å². The van der Waals surface area contributed by atoms with Crippen molar-refractivity contribution in [2.24, 2.45) is 17.8 Å². The first-order valence-electron chi connectivity index (χ1n) is 12.9. The number of piperidine rings is 1. The van der Waals surface area contributed by atoms with Crippen LogP contribution in [0.3, 0.4) is 0 Å². The fourth-order valence-corrected chi connectivity index (χ4v) is 6.03. The molecule has 0 aromatic carbocycles. The van der Waals surface area contributed by atoms with Crippen LogP contribution in [-0.2, 0) is 0 Å². The van der Waals surface area contributed by atoms with E-state index in [4.69, 9.17) is 10.00 Å². The molecule has 36 heavy (non-hydrogen) atoms. The fraction of sp³-hybridized carbons (Fsp3) is 0.538. The van der Waals surface area contributed by atoms with E-state index in [0.29, 0.717) is 24.2 Å². The molecule has 3 aromatic heterocycles. The molecule has 1 aliphatic heterocycles. The van der Waals surface area contributed by atoms with Crippen molar-refractivity contribution in [1.82, 2.24) is 30.5 Å². The lowest BCUT2D eigenvalue weighted by Gasteiger charge is -2.61. The first-order valence-corrected chi connectivity index (χ1v) is 12.9. The van der Waals surface area contributed by atoms with Gasteiger partial charge in [0.1, 0.15) is 5.82 Å². The highest BCUT2D eigenvalue weighted by Crippen LogP contribution is 2.57. The lowest BCUT2D eigenvalue weighted by atomic mass is 9.50. The molecule has 0 radical (unpaired) electrons. The molecule has 0 unspecified atom stereocenters. The number of nitrogens with zero attached hydrogens (tertiary/aromatic N) is 6. The topological polar surface area (TPSA) is 133 Å². The summed E-state index contributed by atoms with van der Waals surface area (Å²) in [5.74, 6) is 2.44. The van der Waals surface area contributed by atoms with Crippen LogP contribution < -0.4 is 15.0 Å². The fourth-order valence-electron chi connectivity index (χ4n) is 6.03. The Kier molecular flexibility index (Phi) is 4.88. The van der Waals surface area contributed by atoms with Gasteiger partial charge in [-0.2, -0.15) is 15.3 Å². The average molecular weight is 485 g/mol. The van der Waals surface area contributed by atoms with Gasteiger partial charge in [0.15, 0.2) is 5.65 Å². The van der Waals surface area contributed by atoms with Gasteiger partial charge in [-0.25, -0.2) is 9.97 Å². The predicted molar refractivity (Wildman–Crippen MR) is 130 cm³/mol. The van der Waals surface area contributed by atoms with Gasteiger partial charge in [0, 0.05) is 48.1 Å². The molecule has 1 saturated heterocycles. The molecule has 1 amide bonds. The molecule has 0 spiro atoms. The van der Waals surface area contributed by atoms with Crippen molar-refractivity contribution >= 4 is 22.8 Å². The van der Waals surface area contributed by atoms with Crippen molar-refractivity contribution < 1.29 is 9.53 Å². The number of aromatic amines is 1. The van der Waals surface area contributed by atoms with Crippen LogP contribution in [-0.4, -0.2) is 56.3 Å². The molecule has 2 atom stereocenters. The van der Waals surface area contributed by atoms with E-state index in [1.165, 1.54) is 0 Å². The van der Waals surface area contributed by atoms with Gasteiger partial charge in [0.25, 0.3) is 5.91 Å². The van der Waals surface area contributed by atoms with Gasteiger partial charge in [-0.05, 0) is 56.6 Å². The zero-order chi connectivity index (χ0) is 24.3. The van der Waals surface area contributed by atoms with E-state index in [9.17, 15) is 4.79 Å². The number of nitriles is 1. The number of ether oxygens (including phenoxy) is 1. The van der Waals surface area contributed by atoms with Crippen molar-refractivity contribution in [2.75, 3.05) is 24.6 Å². The number of hydrogen-bond acceptors (Lipinski definition) is 8. The molecule has 5 aliphatic rings. The summed E-state index contributed by atoms with van der Waals surface area (Å²) in [6, 6.07) is 8.13. The standard InChI is InChI=1S/C26H28N8O2/c27-13-17-8-18(17)14-36-21-9-20(29-24(30-21)25(35)31-26-10-15(11-26)12-26)34-6-3-16(4-7-34)22-19-2-1-5-28-23(19)33-32-22/h1-2,5,9,15-18H,3-4,6-8,10-12,14H2,(H,31,35)(H,28,32,33)/t15?,17-,18+,26?/m0/s1. The summed E-state index contributed by atoms with van der Waals surface area (Å²) >= 11 is 0. The van der Waals surface area contributed by atoms with Crippen molar-refractivity contribution in [2.45, 2.75) is 50.0 Å². The Hall–Kier alpha value is -3.74. The van der Waals surface area contributed by atoms with Crippen molar-refractivity contribution in [1.29, 1.82) is 5.26 Å². The molecule has 10 heteroatoms. The molecule has 2 N–H and O–H groups in total. The number of H-pyrrole nitrogens is 1. The number of anilines is 1. The van der Waals surface area contributed by atoms with Gasteiger partial charge in [0.2, 0.25) is 11.7 Å². The molecule has 184 valence electrons. The summed E-state index contributed by atoms with van der Waals surface area (Å²) in [7, 11) is 0. The maximum atomic E-state index is 13.1. The molecule has 10 nitrogen and oxygen atoms in total. The molecule has 5 fully saturated rings. The van der Waals surface area contributed by atoms with E-state index < -0.39 is 0 Å². The highest BCUT2D eigenvalue weighted by Gasteiger charge is 2.57. The third-order valence-electron chi connectivity index (χ3n) is 8.41. The van der Waals surface area contributed by atoms with Gasteiger partial charge >= 0.3 is 0 Å². The number of carbonyl (C=O) groups excluding carboxylic acids is 1. The minimum Gasteiger partial charge on any atom is -0.477 e. The molecule has 4 aliphatic carbocycles. The van der Waals surface area contributed by atoms with E-state index in [1.54, 1.807) is 6.20 Å².